The van der Waals surface area contributed by atoms with Crippen LogP contribution in [0.15, 0.2) is 48.2 Å². The Morgan fingerprint density at radius 1 is 1.00 bits per heavy atom. The molecule has 1 aliphatic heterocycles. The highest BCUT2D eigenvalue weighted by molar-refractivity contribution is 6.30. The van der Waals surface area contributed by atoms with Gasteiger partial charge < -0.3 is 14.2 Å². The predicted molar refractivity (Wildman–Crippen MR) is 135 cm³/mol. The SMILES string of the molecule is CCc1ccc(-c2ccc(Cl)cc2)cc1C1=C(OC(=O)C(C)(C)OC)C(C)(C)OC(C)(C)C1=O. The lowest BCUT2D eigenvalue weighted by molar-refractivity contribution is -0.175. The summed E-state index contributed by atoms with van der Waals surface area (Å²) < 4.78 is 17.4. The molecule has 0 atom stereocenters. The zero-order valence-corrected chi connectivity index (χ0v) is 21.9. The van der Waals surface area contributed by atoms with Gasteiger partial charge >= 0.3 is 5.97 Å². The van der Waals surface area contributed by atoms with Gasteiger partial charge in [0, 0.05) is 12.1 Å². The number of carbonyl (C=O) groups excluding carboxylic acids is 2. The number of esters is 1. The molecule has 3 rings (SSSR count). The third kappa shape index (κ3) is 4.97. The molecule has 2 aromatic carbocycles. The van der Waals surface area contributed by atoms with Gasteiger partial charge in [0.15, 0.2) is 17.1 Å². The number of aryl methyl sites for hydroxylation is 1. The van der Waals surface area contributed by atoms with E-state index in [0.717, 1.165) is 22.3 Å². The zero-order valence-electron chi connectivity index (χ0n) is 21.2. The van der Waals surface area contributed by atoms with Crippen LogP contribution >= 0.6 is 11.6 Å². The molecule has 0 spiro atoms. The number of Topliss-reactive ketones (excluding diaryl/α,β-unsaturated/α-hetero) is 1. The summed E-state index contributed by atoms with van der Waals surface area (Å²) in [5.41, 5.74) is 0.606. The van der Waals surface area contributed by atoms with Crippen molar-refractivity contribution in [2.75, 3.05) is 7.11 Å². The van der Waals surface area contributed by atoms with Gasteiger partial charge in [-0.3, -0.25) is 4.79 Å². The lowest BCUT2D eigenvalue weighted by Gasteiger charge is -2.42. The van der Waals surface area contributed by atoms with Crippen molar-refractivity contribution < 1.29 is 23.8 Å². The summed E-state index contributed by atoms with van der Waals surface area (Å²) in [4.78, 5) is 26.8. The maximum absolute atomic E-state index is 13.8. The topological polar surface area (TPSA) is 61.8 Å². The second kappa shape index (κ2) is 9.29. The summed E-state index contributed by atoms with van der Waals surface area (Å²) in [6, 6.07) is 13.5. The monoisotopic (exact) mass is 484 g/mol. The van der Waals surface area contributed by atoms with E-state index < -0.39 is 22.8 Å². The molecule has 0 aromatic heterocycles. The van der Waals surface area contributed by atoms with Gasteiger partial charge in [0.05, 0.1) is 5.57 Å². The van der Waals surface area contributed by atoms with Gasteiger partial charge in [-0.2, -0.15) is 0 Å². The average molecular weight is 485 g/mol. The minimum Gasteiger partial charge on any atom is -0.425 e. The van der Waals surface area contributed by atoms with Crippen LogP contribution in [0.4, 0.5) is 0 Å². The van der Waals surface area contributed by atoms with E-state index in [1.54, 1.807) is 41.5 Å². The molecule has 0 aliphatic carbocycles. The third-order valence-corrected chi connectivity index (χ3v) is 6.44. The van der Waals surface area contributed by atoms with Crippen molar-refractivity contribution in [3.63, 3.8) is 0 Å². The molecule has 182 valence electrons. The first-order valence-electron chi connectivity index (χ1n) is 11.4. The van der Waals surface area contributed by atoms with Crippen molar-refractivity contribution >= 4 is 28.9 Å². The van der Waals surface area contributed by atoms with Gasteiger partial charge in [0.25, 0.3) is 0 Å². The van der Waals surface area contributed by atoms with Crippen molar-refractivity contribution in [2.24, 2.45) is 0 Å². The van der Waals surface area contributed by atoms with Crippen molar-refractivity contribution in [2.45, 2.75) is 71.7 Å². The number of ketones is 1. The molecule has 0 bridgehead atoms. The van der Waals surface area contributed by atoms with Gasteiger partial charge in [-0.15, -0.1) is 0 Å². The largest absolute Gasteiger partial charge is 0.425 e. The van der Waals surface area contributed by atoms with E-state index >= 15 is 0 Å². The van der Waals surface area contributed by atoms with Crippen molar-refractivity contribution in [1.82, 2.24) is 0 Å². The van der Waals surface area contributed by atoms with Gasteiger partial charge in [-0.1, -0.05) is 42.8 Å². The van der Waals surface area contributed by atoms with E-state index in [1.807, 2.05) is 49.4 Å². The van der Waals surface area contributed by atoms with Crippen molar-refractivity contribution in [3.05, 3.63) is 64.4 Å². The smallest absolute Gasteiger partial charge is 0.342 e. The molecule has 2 aromatic rings. The number of benzene rings is 2. The molecule has 1 heterocycles. The van der Waals surface area contributed by atoms with Crippen molar-refractivity contribution in [3.8, 4) is 11.1 Å². The highest BCUT2D eigenvalue weighted by atomic mass is 35.5. The summed E-state index contributed by atoms with van der Waals surface area (Å²) >= 11 is 6.07. The van der Waals surface area contributed by atoms with Crippen molar-refractivity contribution in [1.29, 1.82) is 0 Å². The van der Waals surface area contributed by atoms with Gasteiger partial charge in [0.1, 0.15) is 11.2 Å². The van der Waals surface area contributed by atoms with Crippen LogP contribution in [0.25, 0.3) is 16.7 Å². The summed E-state index contributed by atoms with van der Waals surface area (Å²) in [7, 11) is 1.44. The highest BCUT2D eigenvalue weighted by Gasteiger charge is 2.49. The minimum atomic E-state index is -1.19. The number of methoxy groups -OCH3 is 1. The Balaban J connectivity index is 2.30. The fourth-order valence-electron chi connectivity index (χ4n) is 4.09. The van der Waals surface area contributed by atoms with Crippen LogP contribution in [0.3, 0.4) is 0 Å². The van der Waals surface area contributed by atoms with E-state index in [2.05, 4.69) is 0 Å². The molecule has 0 amide bonds. The van der Waals surface area contributed by atoms with Gasteiger partial charge in [0.2, 0.25) is 0 Å². The molecule has 0 N–H and O–H groups in total. The molecule has 0 unspecified atom stereocenters. The number of hydrogen-bond acceptors (Lipinski definition) is 5. The first-order valence-corrected chi connectivity index (χ1v) is 11.8. The average Bonchev–Trinajstić information content (AvgIpc) is 2.77. The summed E-state index contributed by atoms with van der Waals surface area (Å²) in [6.45, 7) is 12.4. The van der Waals surface area contributed by atoms with Crippen LogP contribution in [0.5, 0.6) is 0 Å². The molecule has 1 aliphatic rings. The number of rotatable bonds is 6. The number of carbonyl (C=O) groups is 2. The summed E-state index contributed by atoms with van der Waals surface area (Å²) in [6.07, 6.45) is 0.694. The zero-order chi connectivity index (χ0) is 25.5. The van der Waals surface area contributed by atoms with Crippen LogP contribution < -0.4 is 0 Å². The van der Waals surface area contributed by atoms with E-state index in [4.69, 9.17) is 25.8 Å². The fraction of sp³-hybridized carbons (Fsp3) is 0.429. The first-order chi connectivity index (χ1) is 15.7. The predicted octanol–water partition coefficient (Wildman–Crippen LogP) is 6.41. The molecule has 0 saturated carbocycles. The Morgan fingerprint density at radius 3 is 2.15 bits per heavy atom. The third-order valence-electron chi connectivity index (χ3n) is 6.19. The molecular weight excluding hydrogens is 452 g/mol. The normalized spacial score (nSPS) is 17.6. The maximum atomic E-state index is 13.8. The number of halogens is 1. The second-order valence-corrected chi connectivity index (χ2v) is 10.4. The first kappa shape index (κ1) is 26.1. The van der Waals surface area contributed by atoms with Gasteiger partial charge in [-0.05, 0) is 88.4 Å². The Kier molecular flexibility index (Phi) is 7.14. The highest BCUT2D eigenvalue weighted by Crippen LogP contribution is 2.44. The number of hydrogen-bond donors (Lipinski definition) is 0. The van der Waals surface area contributed by atoms with Crippen LogP contribution in [-0.2, 0) is 30.2 Å². The minimum absolute atomic E-state index is 0.190. The second-order valence-electron chi connectivity index (χ2n) is 9.99. The lowest BCUT2D eigenvalue weighted by atomic mass is 9.80. The van der Waals surface area contributed by atoms with E-state index in [1.165, 1.54) is 7.11 Å². The Bertz CT molecular complexity index is 1140. The Hall–Kier alpha value is -2.47. The molecular formula is C28H33ClO5. The molecule has 5 nitrogen and oxygen atoms in total. The van der Waals surface area contributed by atoms with E-state index in [0.29, 0.717) is 17.0 Å². The van der Waals surface area contributed by atoms with E-state index in [-0.39, 0.29) is 11.5 Å². The summed E-state index contributed by atoms with van der Waals surface area (Å²) in [5.74, 6) is -0.652. The Morgan fingerprint density at radius 2 is 1.59 bits per heavy atom. The Labute approximate surface area is 207 Å². The molecule has 6 heteroatoms. The molecule has 0 radical (unpaired) electrons. The fourth-order valence-corrected chi connectivity index (χ4v) is 4.22. The summed E-state index contributed by atoms with van der Waals surface area (Å²) in [5, 5.41) is 0.648. The molecule has 34 heavy (non-hydrogen) atoms. The van der Waals surface area contributed by atoms with E-state index in [9.17, 15) is 9.59 Å². The maximum Gasteiger partial charge on any atom is 0.342 e. The van der Waals surface area contributed by atoms with Gasteiger partial charge in [-0.25, -0.2) is 4.79 Å². The quantitative estimate of drug-likeness (QED) is 0.443. The van der Waals surface area contributed by atoms with Crippen LogP contribution in [0.2, 0.25) is 5.02 Å². The van der Waals surface area contributed by atoms with Crippen LogP contribution in [-0.4, -0.2) is 35.7 Å². The molecule has 0 saturated heterocycles. The lowest BCUT2D eigenvalue weighted by Crippen LogP contribution is -2.51. The van der Waals surface area contributed by atoms with Crippen LogP contribution in [0, 0.1) is 0 Å². The standard InChI is InChI=1S/C28H33ClO5/c1-9-17-10-11-19(18-12-14-20(29)15-13-18)16-21(17)22-23(30)26(2,3)34-27(4,5)24(22)33-25(31)28(6,7)32-8/h10-16H,9H2,1-8H3. The number of ether oxygens (including phenoxy) is 3. The van der Waals surface area contributed by atoms with Crippen LogP contribution in [0.1, 0.15) is 59.6 Å². The molecule has 0 fully saturated rings.